The molecule has 3 aromatic rings. The number of ketones is 1. The molecule has 0 unspecified atom stereocenters. The monoisotopic (exact) mass is 640 g/mol. The minimum atomic E-state index is -2.20. The largest absolute Gasteiger partial charge is 0.477 e. The Labute approximate surface area is 259 Å². The summed E-state index contributed by atoms with van der Waals surface area (Å²) < 4.78 is 7.80. The summed E-state index contributed by atoms with van der Waals surface area (Å²) in [5.74, 6) is -2.88. The van der Waals surface area contributed by atoms with Gasteiger partial charge in [0.25, 0.3) is 5.69 Å². The second kappa shape index (κ2) is 10.7. The number of aliphatic hydroxyl groups excluding tert-OH is 1. The molecule has 4 atom stereocenters. The zero-order chi connectivity index (χ0) is 32.5. The van der Waals surface area contributed by atoms with Crippen LogP contribution in [0, 0.1) is 21.4 Å². The minimum absolute atomic E-state index is 0.0785. The number of hydrogen-bond donors (Lipinski definition) is 2. The molecule has 4 heterocycles. The molecule has 0 aliphatic carbocycles. The van der Waals surface area contributed by atoms with Crippen molar-refractivity contribution in [3.8, 4) is 0 Å². The Kier molecular flexibility index (Phi) is 7.72. The van der Waals surface area contributed by atoms with Crippen molar-refractivity contribution < 1.29 is 33.9 Å². The van der Waals surface area contributed by atoms with Crippen molar-refractivity contribution in [3.05, 3.63) is 68.7 Å². The van der Waals surface area contributed by atoms with Crippen LogP contribution in [0.5, 0.6) is 0 Å². The second-order valence-corrected chi connectivity index (χ2v) is 19.2. The van der Waals surface area contributed by atoms with Gasteiger partial charge in [-0.05, 0) is 37.0 Å². The van der Waals surface area contributed by atoms with Crippen LogP contribution in [0.4, 0.5) is 5.69 Å². The maximum Gasteiger partial charge on any atom is 0.352 e. The van der Waals surface area contributed by atoms with E-state index in [-0.39, 0.29) is 40.9 Å². The third kappa shape index (κ3) is 4.99. The summed E-state index contributed by atoms with van der Waals surface area (Å²) in [5.41, 5.74) is 0.0708. The SMILES string of the molecule is C[C@@H](O)[C@H]1C(=O)N2C(C(=O)O)=C(c3cn4cnc(C(=O)CO[Si](C)(C)C(C)(C)C)c4s3)[C@](C)(Cc3ccc([N+](=O)[O-])cc3)[C@@H]12. The number of carboxylic acid groups (broad SMARTS) is 1. The van der Waals surface area contributed by atoms with E-state index in [4.69, 9.17) is 4.43 Å². The summed E-state index contributed by atoms with van der Waals surface area (Å²) in [4.78, 5) is 56.7. The topological polar surface area (TPSA) is 165 Å². The number of amides is 1. The summed E-state index contributed by atoms with van der Waals surface area (Å²) in [6.45, 7) is 13.6. The molecule has 0 bridgehead atoms. The van der Waals surface area contributed by atoms with Gasteiger partial charge in [0.1, 0.15) is 22.5 Å². The first-order valence-electron chi connectivity index (χ1n) is 14.3. The van der Waals surface area contributed by atoms with Crippen LogP contribution in [0.15, 0.2) is 42.5 Å². The molecule has 14 heteroatoms. The van der Waals surface area contributed by atoms with Gasteiger partial charge >= 0.3 is 5.97 Å². The fourth-order valence-electron chi connectivity index (χ4n) is 6.05. The van der Waals surface area contributed by atoms with Crippen molar-refractivity contribution in [1.82, 2.24) is 14.3 Å². The Bertz CT molecular complexity index is 1720. The van der Waals surface area contributed by atoms with E-state index in [1.807, 2.05) is 6.92 Å². The molecule has 2 aliphatic heterocycles. The Morgan fingerprint density at radius 2 is 1.89 bits per heavy atom. The number of fused-ring (bicyclic) bond motifs is 2. The quantitative estimate of drug-likeness (QED) is 0.104. The molecule has 1 amide bonds. The highest BCUT2D eigenvalue weighted by Crippen LogP contribution is 2.59. The smallest absolute Gasteiger partial charge is 0.352 e. The van der Waals surface area contributed by atoms with Crippen LogP contribution >= 0.6 is 11.3 Å². The van der Waals surface area contributed by atoms with Gasteiger partial charge in [-0.1, -0.05) is 39.8 Å². The van der Waals surface area contributed by atoms with Gasteiger partial charge in [-0.15, -0.1) is 11.3 Å². The molecule has 5 rings (SSSR count). The number of aromatic nitrogens is 2. The molecule has 0 saturated carbocycles. The van der Waals surface area contributed by atoms with E-state index in [0.29, 0.717) is 20.8 Å². The van der Waals surface area contributed by atoms with Crippen LogP contribution in [-0.4, -0.2) is 74.2 Å². The number of nitro groups is 1. The number of carbonyl (C=O) groups is 3. The first-order chi connectivity index (χ1) is 20.4. The number of carbonyl (C=O) groups excluding carboxylic acids is 2. The van der Waals surface area contributed by atoms with Crippen molar-refractivity contribution in [2.75, 3.05) is 6.61 Å². The zero-order valence-electron chi connectivity index (χ0n) is 25.7. The Hall–Kier alpha value is -3.72. The van der Waals surface area contributed by atoms with Gasteiger partial charge < -0.3 is 19.5 Å². The van der Waals surface area contributed by atoms with E-state index < -0.39 is 48.6 Å². The Morgan fingerprint density at radius 1 is 1.25 bits per heavy atom. The van der Waals surface area contributed by atoms with Gasteiger partial charge in [-0.3, -0.25) is 24.1 Å². The molecule has 2 aromatic heterocycles. The molecular weight excluding hydrogens is 605 g/mol. The number of non-ortho nitro benzene ring substituents is 1. The van der Waals surface area contributed by atoms with Crippen molar-refractivity contribution in [3.63, 3.8) is 0 Å². The molecule has 1 saturated heterocycles. The number of nitrogens with zero attached hydrogens (tertiary/aromatic N) is 4. The van der Waals surface area contributed by atoms with E-state index in [1.54, 1.807) is 22.7 Å². The lowest BCUT2D eigenvalue weighted by atomic mass is 9.64. The molecule has 1 aromatic carbocycles. The first kappa shape index (κ1) is 31.7. The molecule has 2 aliphatic rings. The third-order valence-corrected chi connectivity index (χ3v) is 15.0. The summed E-state index contributed by atoms with van der Waals surface area (Å²) in [5, 5.41) is 32.1. The Balaban J connectivity index is 1.59. The molecule has 234 valence electrons. The summed E-state index contributed by atoms with van der Waals surface area (Å²) >= 11 is 1.20. The number of carboxylic acids is 1. The number of thiazole rings is 1. The van der Waals surface area contributed by atoms with Crippen molar-refractivity contribution in [2.24, 2.45) is 11.3 Å². The number of rotatable bonds is 10. The standard InChI is InChI=1S/C30H36N4O8SSi/c1-16(35)21-25-30(5,12-17-8-10-18(11-9-17)34(40)41)22(24(28(38)39)33(25)26(21)37)20-13-32-15-31-23(27(32)43-20)19(36)14-42-44(6,7)29(2,3)4/h8-11,13,15-16,21,25,35H,12,14H2,1-7H3,(H,38,39)/t16-,21-,25-,30+/m1/s1. The summed E-state index contributed by atoms with van der Waals surface area (Å²) in [6, 6.07) is 5.34. The third-order valence-electron chi connectivity index (χ3n) is 9.38. The highest BCUT2D eigenvalue weighted by atomic mass is 32.1. The van der Waals surface area contributed by atoms with Crippen LogP contribution in [0.25, 0.3) is 10.4 Å². The van der Waals surface area contributed by atoms with Crippen LogP contribution in [-0.2, 0) is 20.4 Å². The van der Waals surface area contributed by atoms with E-state index in [1.165, 1.54) is 41.6 Å². The number of aliphatic hydroxyl groups is 1. The van der Waals surface area contributed by atoms with Gasteiger partial charge in [0.15, 0.2) is 8.32 Å². The number of β-lactam (4-membered cyclic amide) rings is 1. The fourth-order valence-corrected chi connectivity index (χ4v) is 8.25. The van der Waals surface area contributed by atoms with Crippen LogP contribution < -0.4 is 0 Å². The molecule has 44 heavy (non-hydrogen) atoms. The molecular formula is C30H36N4O8SSi. The lowest BCUT2D eigenvalue weighted by molar-refractivity contribution is -0.384. The minimum Gasteiger partial charge on any atom is -0.477 e. The van der Waals surface area contributed by atoms with Gasteiger partial charge in [-0.2, -0.15) is 0 Å². The number of hydrogen-bond acceptors (Lipinski definition) is 9. The van der Waals surface area contributed by atoms with Crippen LogP contribution in [0.2, 0.25) is 18.1 Å². The zero-order valence-corrected chi connectivity index (χ0v) is 27.5. The van der Waals surface area contributed by atoms with Gasteiger partial charge in [0.05, 0.1) is 34.5 Å². The predicted molar refractivity (Wildman–Crippen MR) is 166 cm³/mol. The number of nitro benzene ring substituents is 1. The average molecular weight is 641 g/mol. The molecule has 0 radical (unpaired) electrons. The van der Waals surface area contributed by atoms with E-state index >= 15 is 0 Å². The van der Waals surface area contributed by atoms with Gasteiger partial charge in [0.2, 0.25) is 11.7 Å². The first-order valence-corrected chi connectivity index (χ1v) is 18.0. The normalized spacial score (nSPS) is 22.7. The number of imidazole rings is 1. The highest BCUT2D eigenvalue weighted by molar-refractivity contribution is 7.18. The number of Topliss-reactive ketones (excluding diaryl/α,β-unsaturated/α-hetero) is 1. The maximum absolute atomic E-state index is 13.3. The van der Waals surface area contributed by atoms with Crippen LogP contribution in [0.3, 0.4) is 0 Å². The van der Waals surface area contributed by atoms with Gasteiger partial charge in [0, 0.05) is 29.3 Å². The van der Waals surface area contributed by atoms with E-state index in [9.17, 15) is 34.7 Å². The summed E-state index contributed by atoms with van der Waals surface area (Å²) in [6.07, 6.45) is 2.42. The van der Waals surface area contributed by atoms with Crippen LogP contribution in [0.1, 0.15) is 55.5 Å². The maximum atomic E-state index is 13.3. The van der Waals surface area contributed by atoms with Gasteiger partial charge in [-0.25, -0.2) is 9.78 Å². The van der Waals surface area contributed by atoms with Crippen molar-refractivity contribution >= 4 is 53.4 Å². The fraction of sp³-hybridized carbons (Fsp3) is 0.467. The molecule has 12 nitrogen and oxygen atoms in total. The molecule has 2 N–H and O–H groups in total. The lowest BCUT2D eigenvalue weighted by Crippen LogP contribution is -2.66. The lowest BCUT2D eigenvalue weighted by Gasteiger charge is -2.51. The van der Waals surface area contributed by atoms with E-state index in [0.717, 1.165) is 0 Å². The average Bonchev–Trinajstić information content (AvgIpc) is 3.55. The van der Waals surface area contributed by atoms with E-state index in [2.05, 4.69) is 38.8 Å². The predicted octanol–water partition coefficient (Wildman–Crippen LogP) is 4.77. The summed E-state index contributed by atoms with van der Waals surface area (Å²) in [7, 11) is -2.20. The number of aliphatic carboxylic acids is 1. The molecule has 0 spiro atoms. The second-order valence-electron chi connectivity index (χ2n) is 13.3. The molecule has 1 fully saturated rings. The number of benzene rings is 1. The Morgan fingerprint density at radius 3 is 2.43 bits per heavy atom. The van der Waals surface area contributed by atoms with Crippen molar-refractivity contribution in [1.29, 1.82) is 0 Å². The van der Waals surface area contributed by atoms with Crippen molar-refractivity contribution in [2.45, 2.75) is 71.3 Å². The highest BCUT2D eigenvalue weighted by Gasteiger charge is 2.66.